The zero-order valence-corrected chi connectivity index (χ0v) is 19.8. The fraction of sp³-hybridized carbons (Fsp3) is 0.364. The highest BCUT2D eigenvalue weighted by molar-refractivity contribution is 7.90. The van der Waals surface area contributed by atoms with Gasteiger partial charge in [-0.1, -0.05) is 6.07 Å². The zero-order chi connectivity index (χ0) is 25.0. The fourth-order valence-corrected chi connectivity index (χ4v) is 3.71. The molecule has 0 aliphatic carbocycles. The largest absolute Gasteiger partial charge is 0.442 e. The molecule has 0 fully saturated rings. The first-order valence-corrected chi connectivity index (χ1v) is 11.9. The lowest BCUT2D eigenvalue weighted by atomic mass is 10.2. The minimum atomic E-state index is -3.74. The number of hydrazine groups is 1. The molecule has 0 heterocycles. The van der Waals surface area contributed by atoms with Crippen molar-refractivity contribution in [2.45, 2.75) is 50.8 Å². The monoisotopic (exact) mass is 483 g/mol. The third kappa shape index (κ3) is 7.41. The standard InChI is InChI=1S/C22H27F2N3O5S/c1-14(13-28)27(21(29)32-22(2,3)4)26-18-7-6-8-19(33(5,30)31)20(18)25-12-15-9-16(23)11-17(24)10-15/h6-11,13-14,25-26H,12H2,1-5H3. The second-order valence-corrected chi connectivity index (χ2v) is 10.4. The minimum absolute atomic E-state index is 0.0522. The molecule has 0 aliphatic rings. The number of amides is 1. The fourth-order valence-electron chi connectivity index (χ4n) is 2.83. The van der Waals surface area contributed by atoms with Crippen LogP contribution in [0.2, 0.25) is 0 Å². The van der Waals surface area contributed by atoms with Crippen molar-refractivity contribution in [2.24, 2.45) is 0 Å². The summed E-state index contributed by atoms with van der Waals surface area (Å²) < 4.78 is 57.2. The van der Waals surface area contributed by atoms with Gasteiger partial charge in [0, 0.05) is 18.9 Å². The lowest BCUT2D eigenvalue weighted by Gasteiger charge is -2.31. The third-order valence-electron chi connectivity index (χ3n) is 4.25. The number of carbonyl (C=O) groups is 2. The summed E-state index contributed by atoms with van der Waals surface area (Å²) in [5, 5.41) is 3.79. The first-order valence-electron chi connectivity index (χ1n) is 9.97. The third-order valence-corrected chi connectivity index (χ3v) is 5.39. The molecule has 2 aromatic rings. The van der Waals surface area contributed by atoms with Gasteiger partial charge in [-0.3, -0.25) is 5.43 Å². The summed E-state index contributed by atoms with van der Waals surface area (Å²) in [5.41, 5.74) is 2.31. The van der Waals surface area contributed by atoms with Crippen molar-refractivity contribution >= 4 is 33.6 Å². The molecule has 8 nitrogen and oxygen atoms in total. The molecule has 0 saturated heterocycles. The predicted molar refractivity (Wildman–Crippen MR) is 120 cm³/mol. The van der Waals surface area contributed by atoms with Gasteiger partial charge < -0.3 is 14.8 Å². The Balaban J connectivity index is 2.48. The van der Waals surface area contributed by atoms with Crippen LogP contribution in [0.15, 0.2) is 41.3 Å². The number of ether oxygens (including phenoxy) is 1. The first kappa shape index (κ1) is 26.0. The van der Waals surface area contributed by atoms with Crippen LogP contribution in [-0.2, 0) is 25.9 Å². The molecule has 2 rings (SSSR count). The normalized spacial score (nSPS) is 12.6. The molecule has 1 amide bonds. The highest BCUT2D eigenvalue weighted by atomic mass is 32.2. The SMILES string of the molecule is CC(C=O)N(Nc1cccc(S(C)(=O)=O)c1NCc1cc(F)cc(F)c1)C(=O)OC(C)(C)C. The van der Waals surface area contributed by atoms with Crippen molar-refractivity contribution in [1.29, 1.82) is 0 Å². The van der Waals surface area contributed by atoms with Crippen molar-refractivity contribution in [3.63, 3.8) is 0 Å². The molecule has 1 atom stereocenters. The molecule has 11 heteroatoms. The van der Waals surface area contributed by atoms with Gasteiger partial charge in [0.2, 0.25) is 0 Å². The molecule has 2 N–H and O–H groups in total. The van der Waals surface area contributed by atoms with Gasteiger partial charge in [0.1, 0.15) is 29.6 Å². The molecule has 0 radical (unpaired) electrons. The number of para-hydroxylation sites is 1. The number of hydrogen-bond donors (Lipinski definition) is 2. The Morgan fingerprint density at radius 3 is 2.30 bits per heavy atom. The van der Waals surface area contributed by atoms with E-state index in [1.807, 2.05) is 0 Å². The van der Waals surface area contributed by atoms with Gasteiger partial charge in [0.25, 0.3) is 0 Å². The molecule has 0 saturated carbocycles. The topological polar surface area (TPSA) is 105 Å². The van der Waals surface area contributed by atoms with Crippen LogP contribution in [0.5, 0.6) is 0 Å². The maximum absolute atomic E-state index is 13.6. The first-order chi connectivity index (χ1) is 15.2. The van der Waals surface area contributed by atoms with Crippen LogP contribution in [-0.4, -0.2) is 43.7 Å². The second kappa shape index (κ2) is 10.2. The molecule has 0 aromatic heterocycles. The zero-order valence-electron chi connectivity index (χ0n) is 19.0. The van der Waals surface area contributed by atoms with Gasteiger partial charge in [-0.05, 0) is 57.5 Å². The molecule has 2 aromatic carbocycles. The number of benzene rings is 2. The minimum Gasteiger partial charge on any atom is -0.442 e. The van der Waals surface area contributed by atoms with Crippen molar-refractivity contribution in [3.8, 4) is 0 Å². The predicted octanol–water partition coefficient (Wildman–Crippen LogP) is 4.13. The van der Waals surface area contributed by atoms with Gasteiger partial charge in [0.05, 0.1) is 16.3 Å². The van der Waals surface area contributed by atoms with Gasteiger partial charge >= 0.3 is 6.09 Å². The van der Waals surface area contributed by atoms with E-state index in [1.165, 1.54) is 25.1 Å². The van der Waals surface area contributed by atoms with Crippen LogP contribution in [0.25, 0.3) is 0 Å². The summed E-state index contributed by atoms with van der Waals surface area (Å²) in [7, 11) is -3.74. The Bertz CT molecular complexity index is 1110. The van der Waals surface area contributed by atoms with Crippen molar-refractivity contribution in [3.05, 3.63) is 53.6 Å². The molecule has 180 valence electrons. The van der Waals surface area contributed by atoms with Crippen LogP contribution in [0.1, 0.15) is 33.3 Å². The molecule has 0 spiro atoms. The maximum Gasteiger partial charge on any atom is 0.429 e. The van der Waals surface area contributed by atoms with Crippen molar-refractivity contribution < 1.29 is 31.5 Å². The quantitative estimate of drug-likeness (QED) is 0.430. The lowest BCUT2D eigenvalue weighted by Crippen LogP contribution is -2.46. The Kier molecular flexibility index (Phi) is 8.02. The molecule has 0 aliphatic heterocycles. The number of nitrogens with zero attached hydrogens (tertiary/aromatic N) is 1. The average Bonchev–Trinajstić information content (AvgIpc) is 2.67. The van der Waals surface area contributed by atoms with Gasteiger partial charge in [-0.15, -0.1) is 0 Å². The van der Waals surface area contributed by atoms with E-state index in [-0.39, 0.29) is 28.4 Å². The van der Waals surface area contributed by atoms with Crippen LogP contribution in [0.3, 0.4) is 0 Å². The Hall–Kier alpha value is -3.21. The number of hydrogen-bond acceptors (Lipinski definition) is 7. The van der Waals surface area contributed by atoms with E-state index in [2.05, 4.69) is 10.7 Å². The molecule has 1 unspecified atom stereocenters. The Morgan fingerprint density at radius 2 is 1.79 bits per heavy atom. The second-order valence-electron chi connectivity index (χ2n) is 8.42. The van der Waals surface area contributed by atoms with E-state index < -0.39 is 39.2 Å². The summed E-state index contributed by atoms with van der Waals surface area (Å²) in [6.07, 6.45) is 0.656. The molecule has 33 heavy (non-hydrogen) atoms. The van der Waals surface area contributed by atoms with E-state index >= 15 is 0 Å². The Morgan fingerprint density at radius 1 is 1.18 bits per heavy atom. The summed E-state index contributed by atoms with van der Waals surface area (Å²) >= 11 is 0. The number of nitrogens with one attached hydrogen (secondary N) is 2. The number of halogens is 2. The van der Waals surface area contributed by atoms with E-state index in [0.717, 1.165) is 29.5 Å². The summed E-state index contributed by atoms with van der Waals surface area (Å²) in [6.45, 7) is 6.30. The smallest absolute Gasteiger partial charge is 0.429 e. The lowest BCUT2D eigenvalue weighted by molar-refractivity contribution is -0.111. The number of aldehydes is 1. The summed E-state index contributed by atoms with van der Waals surface area (Å²) in [4.78, 5) is 24.0. The summed E-state index contributed by atoms with van der Waals surface area (Å²) in [5.74, 6) is -1.56. The summed E-state index contributed by atoms with van der Waals surface area (Å²) in [6, 6.07) is 6.24. The van der Waals surface area contributed by atoms with Crippen LogP contribution >= 0.6 is 0 Å². The highest BCUT2D eigenvalue weighted by Gasteiger charge is 2.28. The van der Waals surface area contributed by atoms with Crippen LogP contribution in [0, 0.1) is 11.6 Å². The number of rotatable bonds is 8. The highest BCUT2D eigenvalue weighted by Crippen LogP contribution is 2.31. The van der Waals surface area contributed by atoms with Crippen LogP contribution < -0.4 is 10.7 Å². The van der Waals surface area contributed by atoms with E-state index in [4.69, 9.17) is 4.74 Å². The Labute approximate surface area is 191 Å². The van der Waals surface area contributed by atoms with Gasteiger partial charge in [-0.25, -0.2) is 27.0 Å². The molecular weight excluding hydrogens is 456 g/mol. The number of sulfone groups is 1. The van der Waals surface area contributed by atoms with E-state index in [0.29, 0.717) is 6.29 Å². The van der Waals surface area contributed by atoms with Gasteiger partial charge in [-0.2, -0.15) is 0 Å². The number of carbonyl (C=O) groups excluding carboxylic acids is 2. The van der Waals surface area contributed by atoms with E-state index in [1.54, 1.807) is 20.8 Å². The van der Waals surface area contributed by atoms with Crippen molar-refractivity contribution in [1.82, 2.24) is 5.01 Å². The molecular formula is C22H27F2N3O5S. The van der Waals surface area contributed by atoms with E-state index in [9.17, 15) is 26.8 Å². The maximum atomic E-state index is 13.6. The van der Waals surface area contributed by atoms with Crippen LogP contribution in [0.4, 0.5) is 25.0 Å². The van der Waals surface area contributed by atoms with Gasteiger partial charge in [0.15, 0.2) is 9.84 Å². The number of anilines is 2. The van der Waals surface area contributed by atoms with Crippen molar-refractivity contribution in [2.75, 3.05) is 17.0 Å². The molecule has 0 bridgehead atoms. The average molecular weight is 484 g/mol.